The van der Waals surface area contributed by atoms with Crippen molar-refractivity contribution < 1.29 is 13.2 Å². The topological polar surface area (TPSA) is 81.1 Å². The number of aryl methyl sites for hydroxylation is 2. The zero-order chi connectivity index (χ0) is 17.0. The van der Waals surface area contributed by atoms with E-state index in [-0.39, 0.29) is 18.1 Å². The van der Waals surface area contributed by atoms with Crippen LogP contribution in [0, 0.1) is 13.8 Å². The Hall–Kier alpha value is -2.41. The molecule has 0 radical (unpaired) electrons. The van der Waals surface area contributed by atoms with Crippen LogP contribution in [0.25, 0.3) is 5.69 Å². The second kappa shape index (κ2) is 6.78. The first-order valence-corrected chi connectivity index (χ1v) is 9.00. The standard InChI is InChI=1S/C16H19N3O3S/c1-12-5-7-14(8-6-12)19-13(2)11-15(18-19)16(20)17-9-4-10-23(3,21)22/h4-8,10-11H,9H2,1-3H3,(H,17,20)/b10-4+. The summed E-state index contributed by atoms with van der Waals surface area (Å²) < 4.78 is 23.6. The third-order valence-corrected chi connectivity index (χ3v) is 3.81. The number of sulfone groups is 1. The van der Waals surface area contributed by atoms with Gasteiger partial charge in [-0.15, -0.1) is 0 Å². The molecule has 1 N–H and O–H groups in total. The second-order valence-electron chi connectivity index (χ2n) is 5.33. The van der Waals surface area contributed by atoms with Crippen LogP contribution in [0.5, 0.6) is 0 Å². The molecule has 0 saturated heterocycles. The Labute approximate surface area is 135 Å². The quantitative estimate of drug-likeness (QED) is 0.904. The maximum atomic E-state index is 12.0. The summed E-state index contributed by atoms with van der Waals surface area (Å²) >= 11 is 0. The molecule has 0 bridgehead atoms. The van der Waals surface area contributed by atoms with Crippen molar-refractivity contribution in [1.29, 1.82) is 0 Å². The van der Waals surface area contributed by atoms with E-state index >= 15 is 0 Å². The SMILES string of the molecule is Cc1ccc(-n2nc(C(=O)NC/C=C/S(C)(=O)=O)cc2C)cc1. The number of carbonyl (C=O) groups is 1. The lowest BCUT2D eigenvalue weighted by atomic mass is 10.2. The minimum atomic E-state index is -3.18. The van der Waals surface area contributed by atoms with E-state index in [2.05, 4.69) is 10.4 Å². The lowest BCUT2D eigenvalue weighted by Gasteiger charge is -2.04. The first-order valence-electron chi connectivity index (χ1n) is 7.05. The van der Waals surface area contributed by atoms with Crippen molar-refractivity contribution in [3.05, 3.63) is 58.8 Å². The Kier molecular flexibility index (Phi) is 5.00. The average molecular weight is 333 g/mol. The van der Waals surface area contributed by atoms with Gasteiger partial charge < -0.3 is 5.32 Å². The minimum Gasteiger partial charge on any atom is -0.347 e. The molecule has 23 heavy (non-hydrogen) atoms. The third kappa shape index (κ3) is 4.79. The van der Waals surface area contributed by atoms with Crippen LogP contribution in [-0.2, 0) is 9.84 Å². The average Bonchev–Trinajstić information content (AvgIpc) is 2.85. The number of carbonyl (C=O) groups excluding carboxylic acids is 1. The number of benzene rings is 1. The van der Waals surface area contributed by atoms with Gasteiger partial charge in [-0.25, -0.2) is 13.1 Å². The molecule has 2 aromatic rings. The van der Waals surface area contributed by atoms with Crippen molar-refractivity contribution in [3.63, 3.8) is 0 Å². The molecule has 0 aliphatic heterocycles. The molecule has 6 nitrogen and oxygen atoms in total. The van der Waals surface area contributed by atoms with Crippen LogP contribution >= 0.6 is 0 Å². The fraction of sp³-hybridized carbons (Fsp3) is 0.250. The number of nitrogens with zero attached hydrogens (tertiary/aromatic N) is 2. The van der Waals surface area contributed by atoms with Gasteiger partial charge in [0.1, 0.15) is 0 Å². The monoisotopic (exact) mass is 333 g/mol. The Morgan fingerprint density at radius 2 is 1.91 bits per heavy atom. The van der Waals surface area contributed by atoms with Crippen molar-refractivity contribution >= 4 is 15.7 Å². The molecule has 2 rings (SSSR count). The van der Waals surface area contributed by atoms with Gasteiger partial charge in [0, 0.05) is 23.9 Å². The highest BCUT2D eigenvalue weighted by atomic mass is 32.2. The summed E-state index contributed by atoms with van der Waals surface area (Å²) in [5.74, 6) is -0.350. The van der Waals surface area contributed by atoms with Crippen molar-refractivity contribution in [2.45, 2.75) is 13.8 Å². The van der Waals surface area contributed by atoms with Gasteiger partial charge in [0.15, 0.2) is 15.5 Å². The van der Waals surface area contributed by atoms with Crippen LogP contribution < -0.4 is 5.32 Å². The lowest BCUT2D eigenvalue weighted by molar-refractivity contribution is 0.0952. The fourth-order valence-electron chi connectivity index (χ4n) is 2.00. The largest absolute Gasteiger partial charge is 0.347 e. The van der Waals surface area contributed by atoms with Gasteiger partial charge in [-0.2, -0.15) is 5.10 Å². The summed E-state index contributed by atoms with van der Waals surface area (Å²) in [6.45, 7) is 4.00. The van der Waals surface area contributed by atoms with Crippen LogP contribution in [-0.4, -0.2) is 36.9 Å². The summed E-state index contributed by atoms with van der Waals surface area (Å²) in [5.41, 5.74) is 3.15. The maximum Gasteiger partial charge on any atom is 0.272 e. The molecular weight excluding hydrogens is 314 g/mol. The zero-order valence-electron chi connectivity index (χ0n) is 13.3. The predicted molar refractivity (Wildman–Crippen MR) is 89.4 cm³/mol. The van der Waals surface area contributed by atoms with Gasteiger partial charge in [0.25, 0.3) is 5.91 Å². The molecule has 0 aliphatic carbocycles. The molecule has 7 heteroatoms. The number of hydrogen-bond donors (Lipinski definition) is 1. The highest BCUT2D eigenvalue weighted by Gasteiger charge is 2.12. The lowest BCUT2D eigenvalue weighted by Crippen LogP contribution is -2.24. The molecule has 1 amide bonds. The smallest absolute Gasteiger partial charge is 0.272 e. The van der Waals surface area contributed by atoms with Crippen LogP contribution in [0.2, 0.25) is 0 Å². The van der Waals surface area contributed by atoms with E-state index in [4.69, 9.17) is 0 Å². The van der Waals surface area contributed by atoms with Crippen LogP contribution in [0.1, 0.15) is 21.7 Å². The van der Waals surface area contributed by atoms with Crippen LogP contribution in [0.4, 0.5) is 0 Å². The molecule has 122 valence electrons. The van der Waals surface area contributed by atoms with E-state index in [1.54, 1.807) is 10.7 Å². The molecule has 1 aromatic carbocycles. The second-order valence-corrected chi connectivity index (χ2v) is 7.26. The first kappa shape index (κ1) is 17.0. The van der Waals surface area contributed by atoms with Crippen molar-refractivity contribution in [2.75, 3.05) is 12.8 Å². The van der Waals surface area contributed by atoms with Gasteiger partial charge in [-0.3, -0.25) is 4.79 Å². The van der Waals surface area contributed by atoms with E-state index in [9.17, 15) is 13.2 Å². The number of aromatic nitrogens is 2. The molecule has 0 saturated carbocycles. The zero-order valence-corrected chi connectivity index (χ0v) is 14.1. The molecule has 0 fully saturated rings. The number of hydrogen-bond acceptors (Lipinski definition) is 4. The molecule has 1 heterocycles. The van der Waals surface area contributed by atoms with E-state index in [1.165, 1.54) is 6.08 Å². The summed E-state index contributed by atoms with van der Waals surface area (Å²) in [6, 6.07) is 9.52. The van der Waals surface area contributed by atoms with Crippen LogP contribution in [0.3, 0.4) is 0 Å². The third-order valence-electron chi connectivity index (χ3n) is 3.12. The molecule has 1 aromatic heterocycles. The summed E-state index contributed by atoms with van der Waals surface area (Å²) in [6.07, 6.45) is 2.48. The maximum absolute atomic E-state index is 12.0. The van der Waals surface area contributed by atoms with E-state index in [0.29, 0.717) is 0 Å². The molecule has 0 unspecified atom stereocenters. The summed E-state index contributed by atoms with van der Waals surface area (Å²) in [7, 11) is -3.18. The van der Waals surface area contributed by atoms with Gasteiger partial charge in [-0.05, 0) is 32.0 Å². The van der Waals surface area contributed by atoms with Crippen molar-refractivity contribution in [2.24, 2.45) is 0 Å². The highest BCUT2D eigenvalue weighted by molar-refractivity contribution is 7.93. The first-order chi connectivity index (χ1) is 10.8. The van der Waals surface area contributed by atoms with E-state index in [1.807, 2.05) is 38.1 Å². The summed E-state index contributed by atoms with van der Waals surface area (Å²) in [4.78, 5) is 12.0. The molecule has 0 atom stereocenters. The molecular formula is C16H19N3O3S. The predicted octanol–water partition coefficient (Wildman–Crippen LogP) is 1.78. The molecule has 0 aliphatic rings. The summed E-state index contributed by atoms with van der Waals surface area (Å²) in [5, 5.41) is 7.97. The van der Waals surface area contributed by atoms with Crippen molar-refractivity contribution in [3.8, 4) is 5.69 Å². The Morgan fingerprint density at radius 1 is 1.26 bits per heavy atom. The minimum absolute atomic E-state index is 0.127. The van der Waals surface area contributed by atoms with Gasteiger partial charge in [0.05, 0.1) is 5.69 Å². The number of nitrogens with one attached hydrogen (secondary N) is 1. The normalized spacial score (nSPS) is 11.8. The fourth-order valence-corrected chi connectivity index (χ4v) is 2.44. The molecule has 0 spiro atoms. The number of rotatable bonds is 5. The Balaban J connectivity index is 2.09. The van der Waals surface area contributed by atoms with Gasteiger partial charge >= 0.3 is 0 Å². The van der Waals surface area contributed by atoms with E-state index in [0.717, 1.165) is 28.6 Å². The Bertz CT molecular complexity index is 834. The van der Waals surface area contributed by atoms with Gasteiger partial charge in [0.2, 0.25) is 0 Å². The van der Waals surface area contributed by atoms with E-state index < -0.39 is 9.84 Å². The van der Waals surface area contributed by atoms with Crippen molar-refractivity contribution in [1.82, 2.24) is 15.1 Å². The number of amides is 1. The Morgan fingerprint density at radius 3 is 2.52 bits per heavy atom. The van der Waals surface area contributed by atoms with Gasteiger partial charge in [-0.1, -0.05) is 23.8 Å². The highest BCUT2D eigenvalue weighted by Crippen LogP contribution is 2.13. The van der Waals surface area contributed by atoms with Crippen LogP contribution in [0.15, 0.2) is 41.8 Å².